The molecule has 0 spiro atoms. The van der Waals surface area contributed by atoms with E-state index >= 15 is 0 Å². The van der Waals surface area contributed by atoms with Crippen LogP contribution in [0, 0.1) is 13.8 Å². The monoisotopic (exact) mass is 445 g/mol. The molecule has 8 heteroatoms. The maximum Gasteiger partial charge on any atom is 0.231 e. The van der Waals surface area contributed by atoms with Gasteiger partial charge in [-0.15, -0.1) is 0 Å². The highest BCUT2D eigenvalue weighted by Crippen LogP contribution is 2.32. The van der Waals surface area contributed by atoms with E-state index in [-0.39, 0.29) is 12.7 Å². The van der Waals surface area contributed by atoms with E-state index in [1.807, 2.05) is 48.2 Å². The highest BCUT2D eigenvalue weighted by atomic mass is 16.7. The Morgan fingerprint density at radius 1 is 0.939 bits per heavy atom. The topological polar surface area (TPSA) is 79.8 Å². The van der Waals surface area contributed by atoms with E-state index in [9.17, 15) is 4.79 Å². The van der Waals surface area contributed by atoms with Crippen LogP contribution >= 0.6 is 0 Å². The van der Waals surface area contributed by atoms with Crippen molar-refractivity contribution in [3.63, 3.8) is 0 Å². The van der Waals surface area contributed by atoms with Crippen LogP contribution in [0.2, 0.25) is 0 Å². The quantitative estimate of drug-likeness (QED) is 0.644. The predicted octanol–water partition coefficient (Wildman–Crippen LogP) is 3.46. The molecule has 2 aliphatic rings. The molecule has 5 rings (SSSR count). The van der Waals surface area contributed by atoms with E-state index in [1.165, 1.54) is 5.56 Å². The third-order valence-electron chi connectivity index (χ3n) is 5.90. The van der Waals surface area contributed by atoms with Crippen molar-refractivity contribution < 1.29 is 14.3 Å². The number of hydrogen-bond donors (Lipinski definition) is 1. The highest BCUT2D eigenvalue weighted by Gasteiger charge is 2.23. The number of benzene rings is 2. The van der Waals surface area contributed by atoms with Gasteiger partial charge in [-0.25, -0.2) is 4.98 Å². The SMILES string of the molecule is Cc1ccc(Nc2nc(C)cc(N3CCN(C(=O)Cc4ccc5c(c4)OCO5)CC3)n2)cc1. The summed E-state index contributed by atoms with van der Waals surface area (Å²) in [5.74, 6) is 3.01. The fourth-order valence-electron chi connectivity index (χ4n) is 4.06. The van der Waals surface area contributed by atoms with Crippen LogP contribution in [0.1, 0.15) is 16.8 Å². The molecule has 0 bridgehead atoms. The van der Waals surface area contributed by atoms with Gasteiger partial charge in [0.05, 0.1) is 6.42 Å². The van der Waals surface area contributed by atoms with Crippen molar-refractivity contribution in [1.29, 1.82) is 0 Å². The number of carbonyl (C=O) groups is 1. The van der Waals surface area contributed by atoms with Gasteiger partial charge in [-0.1, -0.05) is 23.8 Å². The molecule has 1 saturated heterocycles. The Kier molecular flexibility index (Phi) is 5.73. The summed E-state index contributed by atoms with van der Waals surface area (Å²) in [5, 5.41) is 3.29. The summed E-state index contributed by atoms with van der Waals surface area (Å²) in [6.45, 7) is 7.04. The molecule has 1 amide bonds. The van der Waals surface area contributed by atoms with Crippen LogP contribution in [0.15, 0.2) is 48.5 Å². The lowest BCUT2D eigenvalue weighted by molar-refractivity contribution is -0.130. The lowest BCUT2D eigenvalue weighted by Gasteiger charge is -2.35. The van der Waals surface area contributed by atoms with Crippen molar-refractivity contribution in [1.82, 2.24) is 14.9 Å². The average Bonchev–Trinajstić information content (AvgIpc) is 3.28. The van der Waals surface area contributed by atoms with Crippen molar-refractivity contribution in [2.45, 2.75) is 20.3 Å². The minimum Gasteiger partial charge on any atom is -0.454 e. The van der Waals surface area contributed by atoms with Gasteiger partial charge in [-0.2, -0.15) is 4.98 Å². The molecule has 0 saturated carbocycles. The van der Waals surface area contributed by atoms with Crippen molar-refractivity contribution in [3.05, 3.63) is 65.4 Å². The Hall–Kier alpha value is -3.81. The van der Waals surface area contributed by atoms with Gasteiger partial charge in [-0.3, -0.25) is 4.79 Å². The van der Waals surface area contributed by atoms with Crippen LogP contribution in [0.25, 0.3) is 0 Å². The third-order valence-corrected chi connectivity index (χ3v) is 5.90. The summed E-state index contributed by atoms with van der Waals surface area (Å²) in [6, 6.07) is 15.8. The standard InChI is InChI=1S/C25H27N5O3/c1-17-3-6-20(7-4-17)27-25-26-18(2)13-23(28-25)29-9-11-30(12-10-29)24(31)15-19-5-8-21-22(14-19)33-16-32-21/h3-8,13-14H,9-12,15-16H2,1-2H3,(H,26,27,28). The number of fused-ring (bicyclic) bond motifs is 1. The van der Waals surface area contributed by atoms with Crippen LogP contribution in [0.4, 0.5) is 17.5 Å². The molecular weight excluding hydrogens is 418 g/mol. The van der Waals surface area contributed by atoms with Gasteiger partial charge in [0.2, 0.25) is 18.6 Å². The van der Waals surface area contributed by atoms with Crippen LogP contribution in [-0.2, 0) is 11.2 Å². The molecule has 0 radical (unpaired) electrons. The zero-order valence-electron chi connectivity index (χ0n) is 18.9. The van der Waals surface area contributed by atoms with Gasteiger partial charge < -0.3 is 24.6 Å². The normalized spacial score (nSPS) is 15.0. The first-order valence-electron chi connectivity index (χ1n) is 11.1. The second-order valence-electron chi connectivity index (χ2n) is 8.41. The molecule has 0 unspecified atom stereocenters. The number of rotatable bonds is 5. The Bertz CT molecular complexity index is 1160. The fraction of sp³-hybridized carbons (Fsp3) is 0.320. The number of nitrogens with one attached hydrogen (secondary N) is 1. The van der Waals surface area contributed by atoms with E-state index in [2.05, 4.69) is 34.3 Å². The number of carbonyl (C=O) groups excluding carboxylic acids is 1. The number of hydrogen-bond acceptors (Lipinski definition) is 7. The molecule has 8 nitrogen and oxygen atoms in total. The Balaban J connectivity index is 1.20. The van der Waals surface area contributed by atoms with Crippen LogP contribution in [0.3, 0.4) is 0 Å². The van der Waals surface area contributed by atoms with Crippen molar-refractivity contribution in [2.24, 2.45) is 0 Å². The molecule has 1 aromatic heterocycles. The lowest BCUT2D eigenvalue weighted by Crippen LogP contribution is -2.49. The molecule has 1 N–H and O–H groups in total. The van der Waals surface area contributed by atoms with Crippen molar-refractivity contribution in [3.8, 4) is 11.5 Å². The maximum atomic E-state index is 12.8. The molecule has 170 valence electrons. The van der Waals surface area contributed by atoms with Gasteiger partial charge in [0.25, 0.3) is 0 Å². The number of aryl methyl sites for hydroxylation is 2. The molecule has 3 heterocycles. The van der Waals surface area contributed by atoms with Crippen LogP contribution < -0.4 is 19.7 Å². The van der Waals surface area contributed by atoms with Crippen LogP contribution in [0.5, 0.6) is 11.5 Å². The summed E-state index contributed by atoms with van der Waals surface area (Å²) >= 11 is 0. The third kappa shape index (κ3) is 4.84. The largest absolute Gasteiger partial charge is 0.454 e. The van der Waals surface area contributed by atoms with E-state index < -0.39 is 0 Å². The summed E-state index contributed by atoms with van der Waals surface area (Å²) in [4.78, 5) is 26.2. The molecule has 2 aliphatic heterocycles. The number of ether oxygens (including phenoxy) is 2. The number of anilines is 3. The molecule has 0 atom stereocenters. The summed E-state index contributed by atoms with van der Waals surface area (Å²) < 4.78 is 10.8. The van der Waals surface area contributed by atoms with Crippen LogP contribution in [-0.4, -0.2) is 53.7 Å². The molecule has 33 heavy (non-hydrogen) atoms. The van der Waals surface area contributed by atoms with Gasteiger partial charge in [-0.05, 0) is 43.7 Å². The van der Waals surface area contributed by atoms with E-state index in [0.29, 0.717) is 31.2 Å². The summed E-state index contributed by atoms with van der Waals surface area (Å²) in [6.07, 6.45) is 0.355. The molecule has 3 aromatic rings. The number of aromatic nitrogens is 2. The minimum absolute atomic E-state index is 0.120. The lowest BCUT2D eigenvalue weighted by atomic mass is 10.1. The Morgan fingerprint density at radius 2 is 1.70 bits per heavy atom. The molecular formula is C25H27N5O3. The number of nitrogens with zero attached hydrogens (tertiary/aromatic N) is 4. The summed E-state index contributed by atoms with van der Waals surface area (Å²) in [5.41, 5.74) is 3.99. The molecule has 2 aromatic carbocycles. The van der Waals surface area contributed by atoms with Gasteiger partial charge in [0.15, 0.2) is 11.5 Å². The average molecular weight is 446 g/mol. The van der Waals surface area contributed by atoms with Crippen molar-refractivity contribution in [2.75, 3.05) is 43.2 Å². The smallest absolute Gasteiger partial charge is 0.231 e. The van der Waals surface area contributed by atoms with E-state index in [0.717, 1.165) is 41.6 Å². The fourth-order valence-corrected chi connectivity index (χ4v) is 4.06. The van der Waals surface area contributed by atoms with Crippen molar-refractivity contribution >= 4 is 23.4 Å². The first-order valence-corrected chi connectivity index (χ1v) is 11.1. The van der Waals surface area contributed by atoms with Gasteiger partial charge in [0, 0.05) is 43.6 Å². The maximum absolute atomic E-state index is 12.8. The summed E-state index contributed by atoms with van der Waals surface area (Å²) in [7, 11) is 0. The number of piperazine rings is 1. The predicted molar refractivity (Wildman–Crippen MR) is 126 cm³/mol. The minimum atomic E-state index is 0.120. The van der Waals surface area contributed by atoms with Gasteiger partial charge >= 0.3 is 0 Å². The van der Waals surface area contributed by atoms with E-state index in [4.69, 9.17) is 14.5 Å². The molecule has 1 fully saturated rings. The van der Waals surface area contributed by atoms with Gasteiger partial charge in [0.1, 0.15) is 5.82 Å². The Morgan fingerprint density at radius 3 is 2.48 bits per heavy atom. The highest BCUT2D eigenvalue weighted by molar-refractivity contribution is 5.79. The molecule has 0 aliphatic carbocycles. The van der Waals surface area contributed by atoms with E-state index in [1.54, 1.807) is 0 Å². The first-order chi connectivity index (χ1) is 16.0. The zero-order valence-corrected chi connectivity index (χ0v) is 18.9. The second-order valence-corrected chi connectivity index (χ2v) is 8.41. The second kappa shape index (κ2) is 8.97. The number of amides is 1. The first kappa shape index (κ1) is 21.1. The zero-order chi connectivity index (χ0) is 22.8. The Labute approximate surface area is 193 Å².